The first kappa shape index (κ1) is 24.6. The summed E-state index contributed by atoms with van der Waals surface area (Å²) in [4.78, 5) is 24.0. The van der Waals surface area contributed by atoms with Crippen molar-refractivity contribution in [2.24, 2.45) is 0 Å². The number of carbonyl (C=O) groups excluding carboxylic acids is 2. The molecule has 0 radical (unpaired) electrons. The standard InChI is InChI=1S/C21H40N2O3/c1-5-7-8-9-10-11-12-13-17-23(4,18-14-15-21(25)26)19-16-22(3)20(24)6-2/h6H,2,5,7-19H2,1,3-4H3. The summed E-state index contributed by atoms with van der Waals surface area (Å²) in [5, 5.41) is 10.7. The Morgan fingerprint density at radius 2 is 1.50 bits per heavy atom. The van der Waals surface area contributed by atoms with Gasteiger partial charge >= 0.3 is 0 Å². The van der Waals surface area contributed by atoms with Gasteiger partial charge in [-0.05, 0) is 25.3 Å². The van der Waals surface area contributed by atoms with E-state index >= 15 is 0 Å². The molecule has 0 aliphatic carbocycles. The largest absolute Gasteiger partial charge is 0.550 e. The fourth-order valence-electron chi connectivity index (χ4n) is 3.23. The number of aliphatic carboxylic acids is 1. The fraction of sp³-hybridized carbons (Fsp3) is 0.810. The summed E-state index contributed by atoms with van der Waals surface area (Å²) in [6.45, 7) is 9.08. The van der Waals surface area contributed by atoms with Crippen LogP contribution in [0, 0.1) is 0 Å². The van der Waals surface area contributed by atoms with Crippen LogP contribution in [-0.2, 0) is 9.59 Å². The maximum atomic E-state index is 11.7. The quantitative estimate of drug-likeness (QED) is 0.225. The molecule has 0 rings (SSSR count). The lowest BCUT2D eigenvalue weighted by molar-refractivity contribution is -0.909. The highest BCUT2D eigenvalue weighted by molar-refractivity contribution is 5.86. The lowest BCUT2D eigenvalue weighted by Crippen LogP contribution is -2.50. The molecule has 0 aromatic carbocycles. The molecule has 1 atom stereocenters. The summed E-state index contributed by atoms with van der Waals surface area (Å²) in [7, 11) is 3.95. The van der Waals surface area contributed by atoms with Crippen LogP contribution >= 0.6 is 0 Å². The molecular formula is C21H40N2O3. The van der Waals surface area contributed by atoms with Crippen LogP contribution in [0.4, 0.5) is 0 Å². The van der Waals surface area contributed by atoms with Crippen molar-refractivity contribution < 1.29 is 19.2 Å². The molecule has 1 unspecified atom stereocenters. The summed E-state index contributed by atoms with van der Waals surface area (Å²) in [6, 6.07) is 0. The zero-order valence-corrected chi connectivity index (χ0v) is 17.3. The van der Waals surface area contributed by atoms with Crippen LogP contribution in [0.15, 0.2) is 12.7 Å². The number of amides is 1. The topological polar surface area (TPSA) is 60.4 Å². The Labute approximate surface area is 160 Å². The maximum Gasteiger partial charge on any atom is 0.245 e. The monoisotopic (exact) mass is 368 g/mol. The number of quaternary nitrogens is 1. The minimum Gasteiger partial charge on any atom is -0.550 e. The van der Waals surface area contributed by atoms with Crippen molar-refractivity contribution in [3.05, 3.63) is 12.7 Å². The van der Waals surface area contributed by atoms with Crippen LogP contribution < -0.4 is 5.11 Å². The number of carboxylic acid groups (broad SMARTS) is 1. The van der Waals surface area contributed by atoms with Crippen LogP contribution in [-0.4, -0.2) is 61.5 Å². The fourth-order valence-corrected chi connectivity index (χ4v) is 3.23. The van der Waals surface area contributed by atoms with Gasteiger partial charge in [-0.25, -0.2) is 0 Å². The van der Waals surface area contributed by atoms with Gasteiger partial charge in [0.2, 0.25) is 5.91 Å². The first-order chi connectivity index (χ1) is 12.3. The Morgan fingerprint density at radius 1 is 0.962 bits per heavy atom. The molecule has 5 heteroatoms. The Kier molecular flexibility index (Phi) is 14.0. The molecule has 0 aliphatic rings. The summed E-state index contributed by atoms with van der Waals surface area (Å²) < 4.78 is 0.803. The van der Waals surface area contributed by atoms with Crippen molar-refractivity contribution in [1.29, 1.82) is 0 Å². The third-order valence-electron chi connectivity index (χ3n) is 5.16. The number of hydrogen-bond donors (Lipinski definition) is 0. The average Bonchev–Trinajstić information content (AvgIpc) is 2.61. The van der Waals surface area contributed by atoms with Crippen molar-refractivity contribution in [3.63, 3.8) is 0 Å². The normalized spacial score (nSPS) is 13.2. The average molecular weight is 369 g/mol. The minimum atomic E-state index is -0.984. The number of carbonyl (C=O) groups is 2. The molecule has 0 bridgehead atoms. The SMILES string of the molecule is C=CC(=O)N(C)CC[N+](C)(CCCCCCCCCC)CCCC(=O)[O-]. The molecule has 1 amide bonds. The number of unbranched alkanes of at least 4 members (excludes halogenated alkanes) is 7. The van der Waals surface area contributed by atoms with Crippen LogP contribution in [0.3, 0.4) is 0 Å². The van der Waals surface area contributed by atoms with E-state index in [0.29, 0.717) is 13.0 Å². The van der Waals surface area contributed by atoms with E-state index in [1.165, 1.54) is 51.0 Å². The molecule has 0 N–H and O–H groups in total. The Balaban J connectivity index is 4.28. The first-order valence-electron chi connectivity index (χ1n) is 10.3. The number of hydrogen-bond acceptors (Lipinski definition) is 3. The van der Waals surface area contributed by atoms with Gasteiger partial charge in [-0.3, -0.25) is 4.79 Å². The zero-order chi connectivity index (χ0) is 19.8. The molecule has 5 nitrogen and oxygen atoms in total. The number of likely N-dealkylation sites (N-methyl/N-ethyl adjacent to an activating group) is 2. The summed E-state index contributed by atoms with van der Waals surface area (Å²) >= 11 is 0. The first-order valence-corrected chi connectivity index (χ1v) is 10.3. The third kappa shape index (κ3) is 12.9. The van der Waals surface area contributed by atoms with Gasteiger partial charge in [-0.15, -0.1) is 0 Å². The second-order valence-electron chi connectivity index (χ2n) is 7.70. The second kappa shape index (κ2) is 14.8. The zero-order valence-electron chi connectivity index (χ0n) is 17.3. The lowest BCUT2D eigenvalue weighted by Gasteiger charge is -2.36. The molecular weight excluding hydrogens is 328 g/mol. The van der Waals surface area contributed by atoms with Gasteiger partial charge in [-0.2, -0.15) is 0 Å². The van der Waals surface area contributed by atoms with Crippen LogP contribution in [0.5, 0.6) is 0 Å². The van der Waals surface area contributed by atoms with Crippen molar-refractivity contribution in [3.8, 4) is 0 Å². The van der Waals surface area contributed by atoms with Crippen LogP contribution in [0.1, 0.15) is 71.1 Å². The molecule has 0 heterocycles. The molecule has 152 valence electrons. The third-order valence-corrected chi connectivity index (χ3v) is 5.16. The highest BCUT2D eigenvalue weighted by Gasteiger charge is 2.22. The van der Waals surface area contributed by atoms with E-state index < -0.39 is 5.97 Å². The molecule has 0 aromatic rings. The molecule has 0 aliphatic heterocycles. The van der Waals surface area contributed by atoms with Gasteiger partial charge in [-0.1, -0.05) is 52.0 Å². The number of rotatable bonds is 17. The molecule has 0 saturated heterocycles. The maximum absolute atomic E-state index is 11.7. The number of nitrogens with zero attached hydrogens (tertiary/aromatic N) is 2. The lowest BCUT2D eigenvalue weighted by atomic mass is 10.1. The van der Waals surface area contributed by atoms with E-state index in [2.05, 4.69) is 20.6 Å². The highest BCUT2D eigenvalue weighted by atomic mass is 16.4. The van der Waals surface area contributed by atoms with Crippen LogP contribution in [0.25, 0.3) is 0 Å². The van der Waals surface area contributed by atoms with Crippen molar-refractivity contribution in [2.75, 3.05) is 40.3 Å². The molecule has 0 spiro atoms. The molecule has 26 heavy (non-hydrogen) atoms. The van der Waals surface area contributed by atoms with Gasteiger partial charge in [0.25, 0.3) is 0 Å². The molecule has 0 fully saturated rings. The van der Waals surface area contributed by atoms with Crippen molar-refractivity contribution >= 4 is 11.9 Å². The van der Waals surface area contributed by atoms with E-state index in [0.717, 1.165) is 30.5 Å². The Hall–Kier alpha value is -1.36. The van der Waals surface area contributed by atoms with Crippen molar-refractivity contribution in [1.82, 2.24) is 4.90 Å². The summed E-state index contributed by atoms with van der Waals surface area (Å²) in [5.41, 5.74) is 0. The van der Waals surface area contributed by atoms with Gasteiger partial charge < -0.3 is 19.3 Å². The number of carboxylic acids is 1. The van der Waals surface area contributed by atoms with E-state index in [9.17, 15) is 14.7 Å². The van der Waals surface area contributed by atoms with Gasteiger partial charge in [0.15, 0.2) is 0 Å². The smallest absolute Gasteiger partial charge is 0.245 e. The van der Waals surface area contributed by atoms with Gasteiger partial charge in [0.05, 0.1) is 33.2 Å². The summed E-state index contributed by atoms with van der Waals surface area (Å²) in [6.07, 6.45) is 12.3. The van der Waals surface area contributed by atoms with E-state index in [1.54, 1.807) is 11.9 Å². The van der Waals surface area contributed by atoms with Crippen molar-refractivity contribution in [2.45, 2.75) is 71.1 Å². The van der Waals surface area contributed by atoms with E-state index in [-0.39, 0.29) is 12.3 Å². The summed E-state index contributed by atoms with van der Waals surface area (Å²) in [5.74, 6) is -1.05. The predicted molar refractivity (Wildman–Crippen MR) is 105 cm³/mol. The Morgan fingerprint density at radius 3 is 2.04 bits per heavy atom. The highest BCUT2D eigenvalue weighted by Crippen LogP contribution is 2.13. The molecule has 0 saturated carbocycles. The van der Waals surface area contributed by atoms with Gasteiger partial charge in [0, 0.05) is 19.4 Å². The van der Waals surface area contributed by atoms with E-state index in [4.69, 9.17) is 0 Å². The minimum absolute atomic E-state index is 0.0710. The van der Waals surface area contributed by atoms with Gasteiger partial charge in [0.1, 0.15) is 0 Å². The van der Waals surface area contributed by atoms with E-state index in [1.807, 2.05) is 0 Å². The predicted octanol–water partition coefficient (Wildman–Crippen LogP) is 2.75. The second-order valence-corrected chi connectivity index (χ2v) is 7.70. The Bertz CT molecular complexity index is 412. The molecule has 0 aromatic heterocycles. The van der Waals surface area contributed by atoms with Crippen LogP contribution in [0.2, 0.25) is 0 Å².